The number of unbranched alkanes of at least 4 members (excludes halogenated alkanes) is 1. The summed E-state index contributed by atoms with van der Waals surface area (Å²) in [5.41, 5.74) is 1.30. The first-order chi connectivity index (χ1) is 9.27. The van der Waals surface area contributed by atoms with Gasteiger partial charge in [-0.1, -0.05) is 57.0 Å². The van der Waals surface area contributed by atoms with Crippen molar-refractivity contribution in [3.8, 4) is 0 Å². The Morgan fingerprint density at radius 2 is 1.89 bits per heavy atom. The number of rotatable bonds is 9. The van der Waals surface area contributed by atoms with E-state index in [1.165, 1.54) is 5.56 Å². The summed E-state index contributed by atoms with van der Waals surface area (Å²) in [6.07, 6.45) is 5.97. The summed E-state index contributed by atoms with van der Waals surface area (Å²) >= 11 is 0. The highest BCUT2D eigenvalue weighted by Gasteiger charge is 2.16. The Morgan fingerprint density at radius 3 is 2.53 bits per heavy atom. The average molecular weight is 262 g/mol. The fourth-order valence-corrected chi connectivity index (χ4v) is 2.15. The van der Waals surface area contributed by atoms with Crippen LogP contribution in [0.25, 0.3) is 0 Å². The molecule has 0 aliphatic carbocycles. The second-order valence-electron chi connectivity index (χ2n) is 5.00. The molecular weight excluding hydrogens is 236 g/mol. The largest absolute Gasteiger partial charge is 0.465 e. The van der Waals surface area contributed by atoms with Crippen molar-refractivity contribution in [2.75, 3.05) is 6.61 Å². The number of benzene rings is 1. The lowest BCUT2D eigenvalue weighted by atomic mass is 10.00. The van der Waals surface area contributed by atoms with Gasteiger partial charge in [0.1, 0.15) is 0 Å². The van der Waals surface area contributed by atoms with Crippen LogP contribution in [-0.4, -0.2) is 12.6 Å². The summed E-state index contributed by atoms with van der Waals surface area (Å²) in [5, 5.41) is 0. The minimum atomic E-state index is -0.0102. The van der Waals surface area contributed by atoms with Crippen LogP contribution in [-0.2, 0) is 16.0 Å². The zero-order valence-corrected chi connectivity index (χ0v) is 12.2. The lowest BCUT2D eigenvalue weighted by molar-refractivity contribution is -0.149. The van der Waals surface area contributed by atoms with Crippen LogP contribution < -0.4 is 0 Å². The van der Waals surface area contributed by atoms with E-state index in [1.54, 1.807) is 0 Å². The second kappa shape index (κ2) is 9.60. The fourth-order valence-electron chi connectivity index (χ4n) is 2.15. The molecule has 0 aliphatic heterocycles. The second-order valence-corrected chi connectivity index (χ2v) is 5.00. The Labute approximate surface area is 117 Å². The number of carbonyl (C=O) groups excluding carboxylic acids is 1. The Balaban J connectivity index is 2.19. The highest BCUT2D eigenvalue weighted by molar-refractivity contribution is 5.72. The van der Waals surface area contributed by atoms with Crippen LogP contribution in [0.5, 0.6) is 0 Å². The molecule has 0 fully saturated rings. The molecule has 0 N–H and O–H groups in total. The molecule has 0 heterocycles. The molecule has 1 rings (SSSR count). The van der Waals surface area contributed by atoms with Crippen LogP contribution in [0.4, 0.5) is 0 Å². The first kappa shape index (κ1) is 15.7. The van der Waals surface area contributed by atoms with Crippen molar-refractivity contribution >= 4 is 5.97 Å². The van der Waals surface area contributed by atoms with Crippen molar-refractivity contribution in [2.24, 2.45) is 5.92 Å². The summed E-state index contributed by atoms with van der Waals surface area (Å²) in [7, 11) is 0. The standard InChI is InChI=1S/C17H26O2/c1-3-5-13-16(4-2)17(18)19-14-9-12-15-10-7-6-8-11-15/h6-8,10-11,16H,3-5,9,12-14H2,1-2H3. The summed E-state index contributed by atoms with van der Waals surface area (Å²) < 4.78 is 5.37. The quantitative estimate of drug-likeness (QED) is 0.487. The van der Waals surface area contributed by atoms with Gasteiger partial charge in [-0.15, -0.1) is 0 Å². The van der Waals surface area contributed by atoms with E-state index in [0.29, 0.717) is 6.61 Å². The molecule has 2 heteroatoms. The Kier molecular flexibility index (Phi) is 7.95. The molecule has 0 radical (unpaired) electrons. The van der Waals surface area contributed by atoms with E-state index < -0.39 is 0 Å². The number of ether oxygens (including phenoxy) is 1. The molecule has 0 spiro atoms. The first-order valence-corrected chi connectivity index (χ1v) is 7.48. The topological polar surface area (TPSA) is 26.3 Å². The van der Waals surface area contributed by atoms with Gasteiger partial charge in [0, 0.05) is 0 Å². The molecule has 0 bridgehead atoms. The van der Waals surface area contributed by atoms with Gasteiger partial charge in [0.25, 0.3) is 0 Å². The van der Waals surface area contributed by atoms with Gasteiger partial charge < -0.3 is 4.74 Å². The minimum Gasteiger partial charge on any atom is -0.465 e. The summed E-state index contributed by atoms with van der Waals surface area (Å²) in [5.74, 6) is 0.0840. The number of aryl methyl sites for hydroxylation is 1. The van der Waals surface area contributed by atoms with E-state index in [9.17, 15) is 4.79 Å². The van der Waals surface area contributed by atoms with Crippen molar-refractivity contribution in [3.63, 3.8) is 0 Å². The number of esters is 1. The molecule has 1 atom stereocenters. The molecule has 0 aliphatic rings. The molecule has 2 nitrogen and oxygen atoms in total. The SMILES string of the molecule is CCCCC(CC)C(=O)OCCCc1ccccc1. The molecule has 1 aromatic carbocycles. The van der Waals surface area contributed by atoms with Crippen LogP contribution in [0, 0.1) is 5.92 Å². The lowest BCUT2D eigenvalue weighted by Gasteiger charge is -2.13. The molecule has 0 aromatic heterocycles. The Hall–Kier alpha value is -1.31. The zero-order valence-electron chi connectivity index (χ0n) is 12.2. The summed E-state index contributed by atoms with van der Waals surface area (Å²) in [6.45, 7) is 4.75. The number of hydrogen-bond donors (Lipinski definition) is 0. The molecular formula is C17H26O2. The van der Waals surface area contributed by atoms with E-state index in [0.717, 1.165) is 38.5 Å². The first-order valence-electron chi connectivity index (χ1n) is 7.48. The maximum Gasteiger partial charge on any atom is 0.308 e. The van der Waals surface area contributed by atoms with Gasteiger partial charge in [0.15, 0.2) is 0 Å². The third-order valence-electron chi connectivity index (χ3n) is 3.43. The van der Waals surface area contributed by atoms with Gasteiger partial charge in [-0.2, -0.15) is 0 Å². The van der Waals surface area contributed by atoms with Gasteiger partial charge in [-0.25, -0.2) is 0 Å². The zero-order chi connectivity index (χ0) is 13.9. The number of hydrogen-bond acceptors (Lipinski definition) is 2. The highest BCUT2D eigenvalue weighted by atomic mass is 16.5. The average Bonchev–Trinajstić information content (AvgIpc) is 2.45. The third-order valence-corrected chi connectivity index (χ3v) is 3.43. The molecule has 106 valence electrons. The van der Waals surface area contributed by atoms with Crippen molar-refractivity contribution in [1.29, 1.82) is 0 Å². The van der Waals surface area contributed by atoms with Gasteiger partial charge in [-0.3, -0.25) is 4.79 Å². The minimum absolute atomic E-state index is 0.0102. The van der Waals surface area contributed by atoms with E-state index in [2.05, 4.69) is 26.0 Å². The molecule has 0 amide bonds. The van der Waals surface area contributed by atoms with Crippen molar-refractivity contribution in [2.45, 2.75) is 52.4 Å². The van der Waals surface area contributed by atoms with Crippen molar-refractivity contribution in [1.82, 2.24) is 0 Å². The normalized spacial score (nSPS) is 12.1. The van der Waals surface area contributed by atoms with E-state index >= 15 is 0 Å². The van der Waals surface area contributed by atoms with E-state index in [1.807, 2.05) is 18.2 Å². The highest BCUT2D eigenvalue weighted by Crippen LogP contribution is 2.14. The van der Waals surface area contributed by atoms with Gasteiger partial charge in [0.2, 0.25) is 0 Å². The lowest BCUT2D eigenvalue weighted by Crippen LogP contribution is -2.18. The van der Waals surface area contributed by atoms with Gasteiger partial charge >= 0.3 is 5.97 Å². The molecule has 0 saturated heterocycles. The predicted molar refractivity (Wildman–Crippen MR) is 79.0 cm³/mol. The van der Waals surface area contributed by atoms with Crippen LogP contribution in [0.3, 0.4) is 0 Å². The Morgan fingerprint density at radius 1 is 1.16 bits per heavy atom. The van der Waals surface area contributed by atoms with Crippen LogP contribution in [0.2, 0.25) is 0 Å². The van der Waals surface area contributed by atoms with Gasteiger partial charge in [0.05, 0.1) is 12.5 Å². The number of carbonyl (C=O) groups is 1. The summed E-state index contributed by atoms with van der Waals surface area (Å²) in [6, 6.07) is 10.3. The summed E-state index contributed by atoms with van der Waals surface area (Å²) in [4.78, 5) is 11.9. The molecule has 19 heavy (non-hydrogen) atoms. The van der Waals surface area contributed by atoms with Crippen LogP contribution in [0.15, 0.2) is 30.3 Å². The van der Waals surface area contributed by atoms with Crippen LogP contribution in [0.1, 0.15) is 51.5 Å². The molecule has 1 unspecified atom stereocenters. The fraction of sp³-hybridized carbons (Fsp3) is 0.588. The molecule has 0 saturated carbocycles. The Bertz CT molecular complexity index is 346. The van der Waals surface area contributed by atoms with E-state index in [4.69, 9.17) is 4.74 Å². The van der Waals surface area contributed by atoms with Crippen LogP contribution >= 0.6 is 0 Å². The maximum atomic E-state index is 11.9. The van der Waals surface area contributed by atoms with Crippen molar-refractivity contribution in [3.05, 3.63) is 35.9 Å². The van der Waals surface area contributed by atoms with E-state index in [-0.39, 0.29) is 11.9 Å². The van der Waals surface area contributed by atoms with Crippen molar-refractivity contribution < 1.29 is 9.53 Å². The maximum absolute atomic E-state index is 11.9. The smallest absolute Gasteiger partial charge is 0.308 e. The molecule has 1 aromatic rings. The monoisotopic (exact) mass is 262 g/mol. The third kappa shape index (κ3) is 6.42. The predicted octanol–water partition coefficient (Wildman–Crippen LogP) is 4.38. The van der Waals surface area contributed by atoms with Gasteiger partial charge in [-0.05, 0) is 31.2 Å².